The number of phenolic OH excluding ortho intramolecular Hbond substituents is 3. The predicted octanol–water partition coefficient (Wildman–Crippen LogP) is 0.300. The third-order valence-corrected chi connectivity index (χ3v) is 1.56. The SMILES string of the molecule is O=C(O)CNc1ccc(O)c(O)c1O. The molecule has 0 aromatic heterocycles. The molecule has 0 saturated carbocycles. The van der Waals surface area contributed by atoms with Crippen LogP contribution < -0.4 is 5.32 Å². The van der Waals surface area contributed by atoms with Crippen molar-refractivity contribution in [3.8, 4) is 17.2 Å². The van der Waals surface area contributed by atoms with Crippen molar-refractivity contribution < 1.29 is 25.2 Å². The lowest BCUT2D eigenvalue weighted by molar-refractivity contribution is -0.134. The van der Waals surface area contributed by atoms with Gasteiger partial charge in [-0.25, -0.2) is 0 Å². The Morgan fingerprint density at radius 3 is 2.43 bits per heavy atom. The summed E-state index contributed by atoms with van der Waals surface area (Å²) in [6, 6.07) is 2.40. The highest BCUT2D eigenvalue weighted by Gasteiger charge is 2.10. The van der Waals surface area contributed by atoms with Crippen LogP contribution in [0, 0.1) is 0 Å². The molecular weight excluding hydrogens is 190 g/mol. The average Bonchev–Trinajstić information content (AvgIpc) is 2.13. The van der Waals surface area contributed by atoms with E-state index in [1.54, 1.807) is 0 Å². The molecule has 6 nitrogen and oxygen atoms in total. The van der Waals surface area contributed by atoms with Gasteiger partial charge < -0.3 is 25.7 Å². The van der Waals surface area contributed by atoms with Crippen LogP contribution in [0.15, 0.2) is 12.1 Å². The second-order valence-electron chi connectivity index (χ2n) is 2.58. The van der Waals surface area contributed by atoms with Gasteiger partial charge in [0.1, 0.15) is 6.54 Å². The Morgan fingerprint density at radius 1 is 1.21 bits per heavy atom. The normalized spacial score (nSPS) is 9.71. The zero-order valence-electron chi connectivity index (χ0n) is 7.06. The topological polar surface area (TPSA) is 110 Å². The van der Waals surface area contributed by atoms with E-state index >= 15 is 0 Å². The van der Waals surface area contributed by atoms with Crippen LogP contribution >= 0.6 is 0 Å². The molecule has 76 valence electrons. The summed E-state index contributed by atoms with van der Waals surface area (Å²) in [6.07, 6.45) is 0. The molecule has 5 N–H and O–H groups in total. The van der Waals surface area contributed by atoms with Crippen molar-refractivity contribution in [1.29, 1.82) is 0 Å². The molecule has 0 aliphatic rings. The first-order valence-electron chi connectivity index (χ1n) is 3.72. The number of hydrogen-bond acceptors (Lipinski definition) is 5. The van der Waals surface area contributed by atoms with E-state index in [2.05, 4.69) is 5.32 Å². The third kappa shape index (κ3) is 1.98. The molecule has 1 aromatic rings. The Kier molecular flexibility index (Phi) is 2.66. The zero-order valence-corrected chi connectivity index (χ0v) is 7.06. The van der Waals surface area contributed by atoms with Gasteiger partial charge in [-0.2, -0.15) is 0 Å². The van der Waals surface area contributed by atoms with Gasteiger partial charge in [-0.1, -0.05) is 0 Å². The molecule has 0 radical (unpaired) electrons. The lowest BCUT2D eigenvalue weighted by Crippen LogP contribution is -2.12. The molecule has 0 amide bonds. The maximum atomic E-state index is 10.2. The number of carbonyl (C=O) groups is 1. The smallest absolute Gasteiger partial charge is 0.322 e. The molecule has 1 rings (SSSR count). The molecule has 0 aliphatic heterocycles. The van der Waals surface area contributed by atoms with Crippen LogP contribution in [0.25, 0.3) is 0 Å². The number of benzene rings is 1. The molecule has 0 aliphatic carbocycles. The summed E-state index contributed by atoms with van der Waals surface area (Å²) in [6.45, 7) is -0.391. The lowest BCUT2D eigenvalue weighted by atomic mass is 10.2. The Hall–Kier alpha value is -2.11. The van der Waals surface area contributed by atoms with Gasteiger partial charge in [0, 0.05) is 0 Å². The number of hydrogen-bond donors (Lipinski definition) is 5. The second kappa shape index (κ2) is 3.73. The van der Waals surface area contributed by atoms with Gasteiger partial charge in [0.2, 0.25) is 5.75 Å². The number of carboxylic acids is 1. The molecule has 0 atom stereocenters. The quantitative estimate of drug-likeness (QED) is 0.353. The molecule has 14 heavy (non-hydrogen) atoms. The number of nitrogens with one attached hydrogen (secondary N) is 1. The van der Waals surface area contributed by atoms with Gasteiger partial charge >= 0.3 is 5.97 Å². The van der Waals surface area contributed by atoms with Gasteiger partial charge in [0.25, 0.3) is 0 Å². The van der Waals surface area contributed by atoms with E-state index in [9.17, 15) is 9.90 Å². The fraction of sp³-hybridized carbons (Fsp3) is 0.125. The highest BCUT2D eigenvalue weighted by Crippen LogP contribution is 2.39. The zero-order chi connectivity index (χ0) is 10.7. The van der Waals surface area contributed by atoms with Crippen LogP contribution in [0.1, 0.15) is 0 Å². The molecule has 6 heteroatoms. The average molecular weight is 199 g/mol. The summed E-state index contributed by atoms with van der Waals surface area (Å²) in [7, 11) is 0. The number of rotatable bonds is 3. The molecule has 0 saturated heterocycles. The third-order valence-electron chi connectivity index (χ3n) is 1.56. The first kappa shape index (κ1) is 9.97. The van der Waals surface area contributed by atoms with Crippen LogP contribution in [-0.4, -0.2) is 32.9 Å². The summed E-state index contributed by atoms with van der Waals surface area (Å²) in [4.78, 5) is 10.2. The number of anilines is 1. The predicted molar refractivity (Wildman–Crippen MR) is 47.6 cm³/mol. The van der Waals surface area contributed by atoms with Gasteiger partial charge in [-0.3, -0.25) is 4.79 Å². The number of aliphatic carboxylic acids is 1. The number of phenols is 3. The minimum Gasteiger partial charge on any atom is -0.504 e. The first-order valence-corrected chi connectivity index (χ1v) is 3.72. The summed E-state index contributed by atoms with van der Waals surface area (Å²) in [5, 5.41) is 37.9. The number of aromatic hydroxyl groups is 3. The van der Waals surface area contributed by atoms with Crippen LogP contribution in [0.4, 0.5) is 5.69 Å². The maximum Gasteiger partial charge on any atom is 0.322 e. The summed E-state index contributed by atoms with van der Waals surface area (Å²) >= 11 is 0. The standard InChI is InChI=1S/C8H9NO5/c10-5-2-1-4(7(13)8(5)14)9-3-6(11)12/h1-2,9-10,13-14H,3H2,(H,11,12). The monoisotopic (exact) mass is 199 g/mol. The molecule has 0 fully saturated rings. The van der Waals surface area contributed by atoms with Crippen LogP contribution in [0.2, 0.25) is 0 Å². The molecule has 0 spiro atoms. The van der Waals surface area contributed by atoms with E-state index in [0.29, 0.717) is 0 Å². The minimum atomic E-state index is -1.10. The minimum absolute atomic E-state index is 0.0442. The van der Waals surface area contributed by atoms with E-state index in [0.717, 1.165) is 6.07 Å². The largest absolute Gasteiger partial charge is 0.504 e. The van der Waals surface area contributed by atoms with E-state index in [1.165, 1.54) is 6.07 Å². The van der Waals surface area contributed by atoms with Crippen LogP contribution in [0.3, 0.4) is 0 Å². The van der Waals surface area contributed by atoms with Gasteiger partial charge in [-0.15, -0.1) is 0 Å². The van der Waals surface area contributed by atoms with Gasteiger partial charge in [0.05, 0.1) is 5.69 Å². The lowest BCUT2D eigenvalue weighted by Gasteiger charge is -2.07. The van der Waals surface area contributed by atoms with Gasteiger partial charge in [0.15, 0.2) is 11.5 Å². The summed E-state index contributed by atoms with van der Waals surface area (Å²) in [5.74, 6) is -2.83. The van der Waals surface area contributed by atoms with E-state index in [1.807, 2.05) is 0 Å². The van der Waals surface area contributed by atoms with E-state index in [4.69, 9.17) is 15.3 Å². The first-order chi connectivity index (χ1) is 6.52. The molecule has 0 unspecified atom stereocenters. The van der Waals surface area contributed by atoms with Gasteiger partial charge in [-0.05, 0) is 12.1 Å². The molecule has 1 aromatic carbocycles. The molecule has 0 heterocycles. The molecular formula is C8H9NO5. The number of carboxylic acid groups (broad SMARTS) is 1. The Labute approximate surface area is 79.0 Å². The van der Waals surface area contributed by atoms with Crippen LogP contribution in [-0.2, 0) is 4.79 Å². The highest BCUT2D eigenvalue weighted by atomic mass is 16.4. The molecule has 0 bridgehead atoms. The Morgan fingerprint density at radius 2 is 1.86 bits per heavy atom. The summed E-state index contributed by atoms with van der Waals surface area (Å²) in [5.41, 5.74) is 0.0442. The van der Waals surface area contributed by atoms with Crippen LogP contribution in [0.5, 0.6) is 17.2 Å². The maximum absolute atomic E-state index is 10.2. The second-order valence-corrected chi connectivity index (χ2v) is 2.58. The van der Waals surface area contributed by atoms with Crippen molar-refractivity contribution in [3.05, 3.63) is 12.1 Å². The van der Waals surface area contributed by atoms with Crippen molar-refractivity contribution in [2.45, 2.75) is 0 Å². The highest BCUT2D eigenvalue weighted by molar-refractivity contribution is 5.75. The fourth-order valence-corrected chi connectivity index (χ4v) is 0.882. The Bertz CT molecular complexity index is 363. The van der Waals surface area contributed by atoms with Crippen molar-refractivity contribution in [2.75, 3.05) is 11.9 Å². The van der Waals surface area contributed by atoms with Crippen molar-refractivity contribution in [2.24, 2.45) is 0 Å². The van der Waals surface area contributed by atoms with E-state index < -0.39 is 29.8 Å². The van der Waals surface area contributed by atoms with E-state index in [-0.39, 0.29) is 5.69 Å². The van der Waals surface area contributed by atoms with Crippen molar-refractivity contribution in [3.63, 3.8) is 0 Å². The Balaban J connectivity index is 2.88. The summed E-state index contributed by atoms with van der Waals surface area (Å²) < 4.78 is 0. The van der Waals surface area contributed by atoms with Crippen molar-refractivity contribution in [1.82, 2.24) is 0 Å². The van der Waals surface area contributed by atoms with Crippen molar-refractivity contribution >= 4 is 11.7 Å². The fourth-order valence-electron chi connectivity index (χ4n) is 0.882.